The molecule has 20 heavy (non-hydrogen) atoms. The third kappa shape index (κ3) is 3.95. The minimum absolute atomic E-state index is 0.0597. The summed E-state index contributed by atoms with van der Waals surface area (Å²) in [6.45, 7) is 7.13. The molecule has 0 radical (unpaired) electrons. The van der Waals surface area contributed by atoms with Crippen LogP contribution in [0.1, 0.15) is 24.9 Å². The highest BCUT2D eigenvalue weighted by Crippen LogP contribution is 2.29. The second kappa shape index (κ2) is 7.41. The Kier molecular flexibility index (Phi) is 5.84. The van der Waals surface area contributed by atoms with Gasteiger partial charge in [-0.25, -0.2) is 0 Å². The molecule has 1 fully saturated rings. The molecular formula is C15H24BrN3O. The average Bonchev–Trinajstić information content (AvgIpc) is 2.65. The number of anilines is 1. The van der Waals surface area contributed by atoms with Crippen LogP contribution in [0.3, 0.4) is 0 Å². The van der Waals surface area contributed by atoms with Crippen LogP contribution in [0.25, 0.3) is 0 Å². The van der Waals surface area contributed by atoms with Crippen molar-refractivity contribution in [2.75, 3.05) is 44.2 Å². The minimum Gasteiger partial charge on any atom is -0.395 e. The van der Waals surface area contributed by atoms with Crippen LogP contribution in [0, 0.1) is 0 Å². The van der Waals surface area contributed by atoms with Gasteiger partial charge in [-0.3, -0.25) is 4.90 Å². The molecule has 0 amide bonds. The summed E-state index contributed by atoms with van der Waals surface area (Å²) in [7, 11) is 0. The monoisotopic (exact) mass is 341 g/mol. The van der Waals surface area contributed by atoms with Crippen LogP contribution in [0.2, 0.25) is 0 Å². The van der Waals surface area contributed by atoms with Crippen LogP contribution in [-0.2, 0) is 0 Å². The Morgan fingerprint density at radius 2 is 2.10 bits per heavy atom. The molecule has 2 rings (SSSR count). The van der Waals surface area contributed by atoms with Gasteiger partial charge < -0.3 is 15.7 Å². The fourth-order valence-electron chi connectivity index (χ4n) is 2.64. The normalized spacial score (nSPS) is 18.9. The van der Waals surface area contributed by atoms with E-state index >= 15 is 0 Å². The van der Waals surface area contributed by atoms with E-state index in [0.717, 1.165) is 49.2 Å². The molecule has 1 saturated heterocycles. The molecular weight excluding hydrogens is 318 g/mol. The summed E-state index contributed by atoms with van der Waals surface area (Å²) in [5.74, 6) is 0. The van der Waals surface area contributed by atoms with Crippen molar-refractivity contribution >= 4 is 21.6 Å². The summed E-state index contributed by atoms with van der Waals surface area (Å²) in [6, 6.07) is 6.45. The molecule has 3 N–H and O–H groups in total. The number of nitrogens with two attached hydrogens (primary N) is 1. The van der Waals surface area contributed by atoms with E-state index in [1.165, 1.54) is 5.69 Å². The molecule has 1 heterocycles. The predicted molar refractivity (Wildman–Crippen MR) is 87.1 cm³/mol. The first-order chi connectivity index (χ1) is 9.61. The number of hydrogen-bond donors (Lipinski definition) is 2. The maximum absolute atomic E-state index is 9.05. The highest BCUT2D eigenvalue weighted by atomic mass is 79.9. The lowest BCUT2D eigenvalue weighted by molar-refractivity contribution is 0.204. The quantitative estimate of drug-likeness (QED) is 0.879. The van der Waals surface area contributed by atoms with E-state index in [2.05, 4.69) is 43.9 Å². The summed E-state index contributed by atoms with van der Waals surface area (Å²) in [5, 5.41) is 9.05. The molecule has 112 valence electrons. The zero-order chi connectivity index (χ0) is 14.5. The average molecular weight is 342 g/mol. The van der Waals surface area contributed by atoms with Gasteiger partial charge in [0.2, 0.25) is 0 Å². The molecule has 1 aliphatic rings. The van der Waals surface area contributed by atoms with Gasteiger partial charge in [0.25, 0.3) is 0 Å². The van der Waals surface area contributed by atoms with E-state index in [9.17, 15) is 0 Å². The fraction of sp³-hybridized carbons (Fsp3) is 0.600. The van der Waals surface area contributed by atoms with E-state index in [4.69, 9.17) is 10.8 Å². The largest absolute Gasteiger partial charge is 0.395 e. The number of rotatable bonds is 4. The Morgan fingerprint density at radius 3 is 2.75 bits per heavy atom. The first-order valence-electron chi connectivity index (χ1n) is 7.25. The number of aliphatic hydroxyl groups excluding tert-OH is 1. The number of β-amino-alcohol motifs (C(OH)–C–C–N with tert-alkyl or cyclic N) is 1. The molecule has 0 aromatic heterocycles. The number of nitrogens with zero attached hydrogens (tertiary/aromatic N) is 2. The maximum Gasteiger partial charge on any atom is 0.0558 e. The van der Waals surface area contributed by atoms with Crippen LogP contribution in [0.5, 0.6) is 0 Å². The fourth-order valence-corrected chi connectivity index (χ4v) is 3.29. The van der Waals surface area contributed by atoms with Gasteiger partial charge in [-0.05, 0) is 53.5 Å². The van der Waals surface area contributed by atoms with Gasteiger partial charge in [0.15, 0.2) is 0 Å². The Bertz CT molecular complexity index is 439. The Labute approximate surface area is 129 Å². The van der Waals surface area contributed by atoms with Crippen molar-refractivity contribution in [1.82, 2.24) is 4.90 Å². The summed E-state index contributed by atoms with van der Waals surface area (Å²) >= 11 is 3.67. The first-order valence-corrected chi connectivity index (χ1v) is 8.04. The zero-order valence-electron chi connectivity index (χ0n) is 12.1. The molecule has 1 aromatic rings. The molecule has 4 nitrogen and oxygen atoms in total. The predicted octanol–water partition coefficient (Wildman–Crippen LogP) is 1.97. The van der Waals surface area contributed by atoms with Crippen molar-refractivity contribution in [3.8, 4) is 0 Å². The maximum atomic E-state index is 9.05. The summed E-state index contributed by atoms with van der Waals surface area (Å²) < 4.78 is 1.11. The molecule has 0 saturated carbocycles. The topological polar surface area (TPSA) is 52.7 Å². The number of hydrogen-bond acceptors (Lipinski definition) is 4. The van der Waals surface area contributed by atoms with Crippen LogP contribution < -0.4 is 10.6 Å². The van der Waals surface area contributed by atoms with E-state index in [1.54, 1.807) is 0 Å². The van der Waals surface area contributed by atoms with Gasteiger partial charge in [0.05, 0.1) is 12.3 Å². The standard InChI is InChI=1S/C15H24BrN3O/c1-12(17)13-3-4-15(14(16)11-13)19-6-2-5-18(7-8-19)9-10-20/h3-4,11-12,20H,2,5-10,17H2,1H3/t12-/m0/s1. The van der Waals surface area contributed by atoms with E-state index in [-0.39, 0.29) is 12.6 Å². The van der Waals surface area contributed by atoms with Crippen molar-refractivity contribution in [1.29, 1.82) is 0 Å². The van der Waals surface area contributed by atoms with Crippen molar-refractivity contribution in [2.45, 2.75) is 19.4 Å². The van der Waals surface area contributed by atoms with E-state index in [0.29, 0.717) is 0 Å². The Morgan fingerprint density at radius 1 is 1.30 bits per heavy atom. The van der Waals surface area contributed by atoms with Gasteiger partial charge in [0.1, 0.15) is 0 Å². The highest BCUT2D eigenvalue weighted by molar-refractivity contribution is 9.10. The van der Waals surface area contributed by atoms with Gasteiger partial charge in [-0.15, -0.1) is 0 Å². The highest BCUT2D eigenvalue weighted by Gasteiger charge is 2.17. The van der Waals surface area contributed by atoms with Crippen LogP contribution in [0.4, 0.5) is 5.69 Å². The summed E-state index contributed by atoms with van der Waals surface area (Å²) in [6.07, 6.45) is 1.13. The lowest BCUT2D eigenvalue weighted by atomic mass is 10.1. The zero-order valence-corrected chi connectivity index (χ0v) is 13.6. The van der Waals surface area contributed by atoms with E-state index in [1.807, 2.05) is 6.92 Å². The third-order valence-electron chi connectivity index (χ3n) is 3.84. The molecule has 0 unspecified atom stereocenters. The third-order valence-corrected chi connectivity index (χ3v) is 4.48. The smallest absolute Gasteiger partial charge is 0.0558 e. The number of aliphatic hydroxyl groups is 1. The lowest BCUT2D eigenvalue weighted by Gasteiger charge is -2.25. The van der Waals surface area contributed by atoms with Crippen LogP contribution in [-0.4, -0.2) is 49.3 Å². The lowest BCUT2D eigenvalue weighted by Crippen LogP contribution is -2.32. The van der Waals surface area contributed by atoms with Gasteiger partial charge in [0, 0.05) is 36.7 Å². The van der Waals surface area contributed by atoms with Crippen LogP contribution in [0.15, 0.2) is 22.7 Å². The molecule has 0 aliphatic carbocycles. The SMILES string of the molecule is C[C@H](N)c1ccc(N2CCCN(CCO)CC2)c(Br)c1. The molecule has 1 atom stereocenters. The number of halogens is 1. The molecule has 1 aliphatic heterocycles. The molecule has 1 aromatic carbocycles. The minimum atomic E-state index is 0.0597. The second-order valence-electron chi connectivity index (χ2n) is 5.41. The molecule has 0 spiro atoms. The second-order valence-corrected chi connectivity index (χ2v) is 6.26. The molecule has 0 bridgehead atoms. The molecule has 5 heteroatoms. The van der Waals surface area contributed by atoms with Crippen molar-refractivity contribution in [3.63, 3.8) is 0 Å². The van der Waals surface area contributed by atoms with Crippen molar-refractivity contribution in [3.05, 3.63) is 28.2 Å². The van der Waals surface area contributed by atoms with Gasteiger partial charge >= 0.3 is 0 Å². The van der Waals surface area contributed by atoms with Gasteiger partial charge in [-0.2, -0.15) is 0 Å². The Balaban J connectivity index is 2.07. The van der Waals surface area contributed by atoms with Gasteiger partial charge in [-0.1, -0.05) is 6.07 Å². The first kappa shape index (κ1) is 15.8. The Hall–Kier alpha value is -0.620. The van der Waals surface area contributed by atoms with Crippen molar-refractivity contribution in [2.24, 2.45) is 5.73 Å². The van der Waals surface area contributed by atoms with Crippen LogP contribution >= 0.6 is 15.9 Å². The number of benzene rings is 1. The summed E-state index contributed by atoms with van der Waals surface area (Å²) in [5.41, 5.74) is 8.31. The van der Waals surface area contributed by atoms with E-state index < -0.39 is 0 Å². The summed E-state index contributed by atoms with van der Waals surface area (Å²) in [4.78, 5) is 4.73. The van der Waals surface area contributed by atoms with Crippen molar-refractivity contribution < 1.29 is 5.11 Å².